The average molecular weight is 285 g/mol. The summed E-state index contributed by atoms with van der Waals surface area (Å²) in [7, 11) is 0. The van der Waals surface area contributed by atoms with Crippen molar-refractivity contribution in [3.8, 4) is 0 Å². The first kappa shape index (κ1) is 14.3. The Morgan fingerprint density at radius 1 is 1.29 bits per heavy atom. The highest BCUT2D eigenvalue weighted by Gasteiger charge is 2.27. The molecular weight excluding hydrogens is 262 g/mol. The summed E-state index contributed by atoms with van der Waals surface area (Å²) in [6.07, 6.45) is 3.18. The van der Waals surface area contributed by atoms with E-state index in [2.05, 4.69) is 48.3 Å². The minimum absolute atomic E-state index is 0.155. The van der Waals surface area contributed by atoms with E-state index >= 15 is 0 Å². The van der Waals surface area contributed by atoms with Crippen molar-refractivity contribution < 1.29 is 4.52 Å². The van der Waals surface area contributed by atoms with Crippen LogP contribution in [0.3, 0.4) is 0 Å². The van der Waals surface area contributed by atoms with Gasteiger partial charge >= 0.3 is 0 Å². The number of nitrogens with zero attached hydrogens (tertiary/aromatic N) is 2. The third kappa shape index (κ3) is 2.86. The second-order valence-electron chi connectivity index (χ2n) is 6.29. The van der Waals surface area contributed by atoms with E-state index in [4.69, 9.17) is 10.3 Å². The molecule has 2 atom stereocenters. The predicted octanol–water partition coefficient (Wildman–Crippen LogP) is 3.04. The van der Waals surface area contributed by atoms with Gasteiger partial charge in [-0.15, -0.1) is 0 Å². The van der Waals surface area contributed by atoms with Crippen molar-refractivity contribution in [1.82, 2.24) is 10.1 Å². The Hall–Kier alpha value is -1.68. The summed E-state index contributed by atoms with van der Waals surface area (Å²) in [5.41, 5.74) is 8.70. The molecule has 1 aromatic heterocycles. The van der Waals surface area contributed by atoms with Gasteiger partial charge in [0, 0.05) is 12.5 Å². The first-order chi connectivity index (χ1) is 10.2. The van der Waals surface area contributed by atoms with Gasteiger partial charge in [0.2, 0.25) is 5.89 Å². The lowest BCUT2D eigenvalue weighted by atomic mass is 9.83. The van der Waals surface area contributed by atoms with Gasteiger partial charge in [0.05, 0.1) is 5.92 Å². The van der Waals surface area contributed by atoms with Gasteiger partial charge in [-0.1, -0.05) is 43.3 Å². The number of nitrogens with two attached hydrogens (primary N) is 1. The van der Waals surface area contributed by atoms with Gasteiger partial charge in [0.25, 0.3) is 0 Å². The molecule has 1 aliphatic rings. The minimum atomic E-state index is 0.155. The number of fused-ring (bicyclic) bond motifs is 1. The molecule has 1 aromatic carbocycles. The molecule has 0 amide bonds. The van der Waals surface area contributed by atoms with Crippen molar-refractivity contribution in [1.29, 1.82) is 0 Å². The molecule has 2 unspecified atom stereocenters. The van der Waals surface area contributed by atoms with Gasteiger partial charge in [0.15, 0.2) is 5.82 Å². The summed E-state index contributed by atoms with van der Waals surface area (Å²) in [6.45, 7) is 4.82. The molecule has 0 bridgehead atoms. The average Bonchev–Trinajstić information content (AvgIpc) is 2.96. The quantitative estimate of drug-likeness (QED) is 0.937. The highest BCUT2D eigenvalue weighted by molar-refractivity contribution is 5.31. The minimum Gasteiger partial charge on any atom is -0.339 e. The van der Waals surface area contributed by atoms with Crippen molar-refractivity contribution in [2.75, 3.05) is 6.54 Å². The van der Waals surface area contributed by atoms with Crippen LogP contribution in [0.15, 0.2) is 28.8 Å². The summed E-state index contributed by atoms with van der Waals surface area (Å²) in [5, 5.41) is 4.22. The first-order valence-electron chi connectivity index (χ1n) is 7.79. The van der Waals surface area contributed by atoms with E-state index < -0.39 is 0 Å². The summed E-state index contributed by atoms with van der Waals surface area (Å²) < 4.78 is 5.48. The van der Waals surface area contributed by atoms with E-state index in [0.717, 1.165) is 25.1 Å². The molecule has 112 valence electrons. The molecule has 4 nitrogen and oxygen atoms in total. The molecule has 2 aromatic rings. The van der Waals surface area contributed by atoms with Crippen LogP contribution in [-0.4, -0.2) is 16.7 Å². The molecule has 0 aliphatic heterocycles. The lowest BCUT2D eigenvalue weighted by Crippen LogP contribution is -2.18. The molecule has 0 fully saturated rings. The Kier molecular flexibility index (Phi) is 4.06. The van der Waals surface area contributed by atoms with Crippen molar-refractivity contribution >= 4 is 0 Å². The smallest absolute Gasteiger partial charge is 0.231 e. The van der Waals surface area contributed by atoms with Crippen molar-refractivity contribution in [2.24, 2.45) is 11.7 Å². The first-order valence-corrected chi connectivity index (χ1v) is 7.79. The summed E-state index contributed by atoms with van der Waals surface area (Å²) in [6, 6.07) is 8.64. The molecular formula is C17H23N3O. The topological polar surface area (TPSA) is 64.9 Å². The molecule has 0 spiro atoms. The van der Waals surface area contributed by atoms with E-state index in [1.54, 1.807) is 0 Å². The third-order valence-electron chi connectivity index (χ3n) is 4.55. The third-order valence-corrected chi connectivity index (χ3v) is 4.55. The maximum Gasteiger partial charge on any atom is 0.231 e. The standard InChI is InChI=1S/C17H23N3O/c1-11(2)15(10-18)17-19-16(20-21-17)14-8-7-12-5-3-4-6-13(12)9-14/h3-6,11,14-15H,7-10,18H2,1-2H3. The summed E-state index contributed by atoms with van der Waals surface area (Å²) in [4.78, 5) is 4.64. The summed E-state index contributed by atoms with van der Waals surface area (Å²) >= 11 is 0. The zero-order chi connectivity index (χ0) is 14.8. The van der Waals surface area contributed by atoms with Gasteiger partial charge in [-0.2, -0.15) is 4.98 Å². The molecule has 2 N–H and O–H groups in total. The Bertz CT molecular complexity index is 606. The van der Waals surface area contributed by atoms with Gasteiger partial charge < -0.3 is 10.3 Å². The Balaban J connectivity index is 1.79. The van der Waals surface area contributed by atoms with Crippen LogP contribution in [0.1, 0.15) is 54.9 Å². The van der Waals surface area contributed by atoms with Gasteiger partial charge in [0.1, 0.15) is 0 Å². The number of hydrogen-bond acceptors (Lipinski definition) is 4. The molecule has 1 aliphatic carbocycles. The maximum atomic E-state index is 5.83. The lowest BCUT2D eigenvalue weighted by molar-refractivity contribution is 0.319. The fourth-order valence-electron chi connectivity index (χ4n) is 3.14. The van der Waals surface area contributed by atoms with Crippen LogP contribution >= 0.6 is 0 Å². The van der Waals surface area contributed by atoms with E-state index in [1.165, 1.54) is 11.1 Å². The van der Waals surface area contributed by atoms with Crippen LogP contribution in [-0.2, 0) is 12.8 Å². The van der Waals surface area contributed by atoms with E-state index in [0.29, 0.717) is 24.3 Å². The van der Waals surface area contributed by atoms with Crippen LogP contribution < -0.4 is 5.73 Å². The fourth-order valence-corrected chi connectivity index (χ4v) is 3.14. The SMILES string of the molecule is CC(C)C(CN)c1nc(C2CCc3ccccc3C2)no1. The maximum absolute atomic E-state index is 5.83. The lowest BCUT2D eigenvalue weighted by Gasteiger charge is -2.21. The van der Waals surface area contributed by atoms with Crippen LogP contribution in [0, 0.1) is 5.92 Å². The Morgan fingerprint density at radius 3 is 2.76 bits per heavy atom. The zero-order valence-corrected chi connectivity index (χ0v) is 12.7. The van der Waals surface area contributed by atoms with E-state index in [9.17, 15) is 0 Å². The number of aromatic nitrogens is 2. The summed E-state index contributed by atoms with van der Waals surface area (Å²) in [5.74, 6) is 2.47. The van der Waals surface area contributed by atoms with Crippen molar-refractivity contribution in [2.45, 2.75) is 44.9 Å². The van der Waals surface area contributed by atoms with E-state index in [-0.39, 0.29) is 5.92 Å². The van der Waals surface area contributed by atoms with Crippen LogP contribution in [0.4, 0.5) is 0 Å². The van der Waals surface area contributed by atoms with Gasteiger partial charge in [-0.3, -0.25) is 0 Å². The molecule has 21 heavy (non-hydrogen) atoms. The van der Waals surface area contributed by atoms with Crippen molar-refractivity contribution in [3.63, 3.8) is 0 Å². The van der Waals surface area contributed by atoms with E-state index in [1.807, 2.05) is 0 Å². The molecule has 0 radical (unpaired) electrons. The highest BCUT2D eigenvalue weighted by Crippen LogP contribution is 2.32. The predicted molar refractivity (Wildman–Crippen MR) is 82.1 cm³/mol. The Labute approximate surface area is 125 Å². The van der Waals surface area contributed by atoms with Gasteiger partial charge in [-0.25, -0.2) is 0 Å². The van der Waals surface area contributed by atoms with Gasteiger partial charge in [-0.05, 0) is 36.3 Å². The van der Waals surface area contributed by atoms with Crippen molar-refractivity contribution in [3.05, 3.63) is 47.1 Å². The highest BCUT2D eigenvalue weighted by atomic mass is 16.5. The normalized spacial score (nSPS) is 19.5. The molecule has 0 saturated heterocycles. The number of aryl methyl sites for hydroxylation is 1. The molecule has 3 rings (SSSR count). The second-order valence-corrected chi connectivity index (χ2v) is 6.29. The largest absolute Gasteiger partial charge is 0.339 e. The fraction of sp³-hybridized carbons (Fsp3) is 0.529. The van der Waals surface area contributed by atoms with Crippen LogP contribution in [0.5, 0.6) is 0 Å². The van der Waals surface area contributed by atoms with Crippen LogP contribution in [0.2, 0.25) is 0 Å². The Morgan fingerprint density at radius 2 is 2.05 bits per heavy atom. The number of benzene rings is 1. The van der Waals surface area contributed by atoms with Crippen LogP contribution in [0.25, 0.3) is 0 Å². The molecule has 1 heterocycles. The molecule has 0 saturated carbocycles. The monoisotopic (exact) mass is 285 g/mol. The zero-order valence-electron chi connectivity index (χ0n) is 12.7. The number of hydrogen-bond donors (Lipinski definition) is 1. The second kappa shape index (κ2) is 5.98. The molecule has 4 heteroatoms. The number of rotatable bonds is 4.